The van der Waals surface area contributed by atoms with Crippen LogP contribution in [0.3, 0.4) is 0 Å². The lowest BCUT2D eigenvalue weighted by molar-refractivity contribution is 0.356. The van der Waals surface area contributed by atoms with Crippen molar-refractivity contribution < 1.29 is 0 Å². The van der Waals surface area contributed by atoms with Crippen LogP contribution in [0.2, 0.25) is 0 Å². The van der Waals surface area contributed by atoms with Crippen molar-refractivity contribution in [3.63, 3.8) is 0 Å². The van der Waals surface area contributed by atoms with E-state index in [9.17, 15) is 0 Å². The zero-order valence-corrected chi connectivity index (χ0v) is 17.9. The fourth-order valence-corrected chi connectivity index (χ4v) is 4.93. The number of rotatable bonds is 3. The summed E-state index contributed by atoms with van der Waals surface area (Å²) in [6, 6.07) is 19.2. The summed E-state index contributed by atoms with van der Waals surface area (Å²) in [6.07, 6.45) is 5.23. The third kappa shape index (κ3) is 3.36. The van der Waals surface area contributed by atoms with Crippen molar-refractivity contribution in [3.05, 3.63) is 72.7 Å². The molecule has 2 aromatic heterocycles. The molecule has 1 aliphatic heterocycles. The molecule has 152 valence electrons. The highest BCUT2D eigenvalue weighted by Crippen LogP contribution is 2.38. The molecule has 0 aliphatic carbocycles. The van der Waals surface area contributed by atoms with Gasteiger partial charge in [0, 0.05) is 30.5 Å². The molecule has 3 heterocycles. The largest absolute Gasteiger partial charge is 0.355 e. The van der Waals surface area contributed by atoms with E-state index in [0.717, 1.165) is 35.6 Å². The smallest absolute Gasteiger partial charge is 0.150 e. The minimum absolute atomic E-state index is 0.665. The number of aryl methyl sites for hydroxylation is 1. The Balaban J connectivity index is 1.76. The van der Waals surface area contributed by atoms with Crippen molar-refractivity contribution >= 4 is 16.9 Å². The van der Waals surface area contributed by atoms with Crippen LogP contribution in [0, 0.1) is 18.8 Å². The highest BCUT2D eigenvalue weighted by atomic mass is 15.2. The third-order valence-electron chi connectivity index (χ3n) is 6.10. The molecule has 5 rings (SSSR count). The third-order valence-corrected chi connectivity index (χ3v) is 6.10. The van der Waals surface area contributed by atoms with Gasteiger partial charge in [0.15, 0.2) is 5.65 Å². The number of hydrogen-bond acceptors (Lipinski definition) is 3. The van der Waals surface area contributed by atoms with Crippen molar-refractivity contribution in [2.24, 2.45) is 11.8 Å². The summed E-state index contributed by atoms with van der Waals surface area (Å²) in [5.74, 6) is 2.39. The number of nitrogens with zero attached hydrogens (tertiary/aromatic N) is 4. The molecule has 0 saturated carbocycles. The van der Waals surface area contributed by atoms with Gasteiger partial charge in [-0.15, -0.1) is 0 Å². The lowest BCUT2D eigenvalue weighted by Crippen LogP contribution is -2.39. The highest BCUT2D eigenvalue weighted by molar-refractivity contribution is 6.02. The van der Waals surface area contributed by atoms with E-state index in [2.05, 4.69) is 91.0 Å². The van der Waals surface area contributed by atoms with Gasteiger partial charge in [0.25, 0.3) is 0 Å². The lowest BCUT2D eigenvalue weighted by atomic mass is 9.91. The first-order valence-corrected chi connectivity index (χ1v) is 10.8. The molecular weight excluding hydrogens is 368 g/mol. The van der Waals surface area contributed by atoms with Crippen molar-refractivity contribution in [1.82, 2.24) is 14.5 Å². The normalized spacial score (nSPS) is 19.4. The van der Waals surface area contributed by atoms with Crippen molar-refractivity contribution in [2.45, 2.75) is 27.2 Å². The van der Waals surface area contributed by atoms with Gasteiger partial charge in [-0.2, -0.15) is 0 Å². The molecule has 2 aromatic carbocycles. The molecule has 0 spiro atoms. The first-order valence-electron chi connectivity index (χ1n) is 10.8. The van der Waals surface area contributed by atoms with Crippen molar-refractivity contribution in [2.75, 3.05) is 18.0 Å². The molecule has 1 saturated heterocycles. The van der Waals surface area contributed by atoms with Gasteiger partial charge in [-0.1, -0.05) is 56.3 Å². The van der Waals surface area contributed by atoms with Crippen LogP contribution in [0.1, 0.15) is 25.8 Å². The number of fused-ring (bicyclic) bond motifs is 1. The molecule has 0 radical (unpaired) electrons. The quantitative estimate of drug-likeness (QED) is 0.434. The molecule has 0 bridgehead atoms. The molecule has 0 N–H and O–H groups in total. The first kappa shape index (κ1) is 18.9. The minimum atomic E-state index is 0.665. The van der Waals surface area contributed by atoms with Crippen molar-refractivity contribution in [3.8, 4) is 16.8 Å². The summed E-state index contributed by atoms with van der Waals surface area (Å²) in [6.45, 7) is 8.90. The zero-order chi connectivity index (χ0) is 20.7. The molecule has 4 nitrogen and oxygen atoms in total. The zero-order valence-electron chi connectivity index (χ0n) is 17.9. The number of benzene rings is 2. The van der Waals surface area contributed by atoms with Gasteiger partial charge in [-0.3, -0.25) is 0 Å². The summed E-state index contributed by atoms with van der Waals surface area (Å²) in [7, 11) is 0. The molecule has 30 heavy (non-hydrogen) atoms. The van der Waals surface area contributed by atoms with Crippen LogP contribution in [0.15, 0.2) is 67.1 Å². The maximum absolute atomic E-state index is 4.81. The van der Waals surface area contributed by atoms with Crippen LogP contribution < -0.4 is 4.90 Å². The molecule has 0 amide bonds. The van der Waals surface area contributed by atoms with E-state index < -0.39 is 0 Å². The Morgan fingerprint density at radius 3 is 2.40 bits per heavy atom. The molecule has 4 aromatic rings. The van der Waals surface area contributed by atoms with E-state index in [1.54, 1.807) is 6.33 Å². The summed E-state index contributed by atoms with van der Waals surface area (Å²) >= 11 is 0. The van der Waals surface area contributed by atoms with Crippen LogP contribution in [-0.2, 0) is 0 Å². The number of aromatic nitrogens is 3. The van der Waals surface area contributed by atoms with Gasteiger partial charge >= 0.3 is 0 Å². The van der Waals surface area contributed by atoms with Crippen LogP contribution in [0.5, 0.6) is 0 Å². The Kier molecular flexibility index (Phi) is 4.78. The second-order valence-corrected chi connectivity index (χ2v) is 8.86. The van der Waals surface area contributed by atoms with Gasteiger partial charge in [0.05, 0.1) is 5.39 Å². The van der Waals surface area contributed by atoms with Crippen LogP contribution in [-0.4, -0.2) is 27.6 Å². The van der Waals surface area contributed by atoms with E-state index in [0.29, 0.717) is 11.8 Å². The molecule has 4 heteroatoms. The van der Waals surface area contributed by atoms with Gasteiger partial charge in [-0.05, 0) is 48.4 Å². The van der Waals surface area contributed by atoms with Crippen LogP contribution in [0.4, 0.5) is 5.82 Å². The van der Waals surface area contributed by atoms with Gasteiger partial charge < -0.3 is 9.47 Å². The Bertz CT molecular complexity index is 1170. The second kappa shape index (κ2) is 7.60. The maximum atomic E-state index is 4.81. The fourth-order valence-electron chi connectivity index (χ4n) is 4.93. The van der Waals surface area contributed by atoms with Gasteiger partial charge in [-0.25, -0.2) is 9.97 Å². The van der Waals surface area contributed by atoms with Gasteiger partial charge in [0.2, 0.25) is 0 Å². The predicted molar refractivity (Wildman–Crippen MR) is 124 cm³/mol. The Morgan fingerprint density at radius 1 is 0.900 bits per heavy atom. The molecular formula is C26H28N4. The van der Waals surface area contributed by atoms with E-state index in [1.165, 1.54) is 23.1 Å². The SMILES string of the molecule is Cc1cccc(-n2cc(-c3ccccc3)c3c(N4CC(C)CC(C)C4)ncnc32)c1. The Hall–Kier alpha value is -3.14. The number of hydrogen-bond donors (Lipinski definition) is 0. The van der Waals surface area contributed by atoms with Gasteiger partial charge in [0.1, 0.15) is 12.1 Å². The van der Waals surface area contributed by atoms with Crippen LogP contribution in [0.25, 0.3) is 27.8 Å². The highest BCUT2D eigenvalue weighted by Gasteiger charge is 2.26. The second-order valence-electron chi connectivity index (χ2n) is 8.86. The summed E-state index contributed by atoms with van der Waals surface area (Å²) in [5, 5.41) is 1.14. The van der Waals surface area contributed by atoms with E-state index in [1.807, 2.05) is 0 Å². The minimum Gasteiger partial charge on any atom is -0.355 e. The molecule has 2 unspecified atom stereocenters. The average molecular weight is 397 g/mol. The lowest BCUT2D eigenvalue weighted by Gasteiger charge is -2.36. The topological polar surface area (TPSA) is 34.0 Å². The van der Waals surface area contributed by atoms with Crippen molar-refractivity contribution in [1.29, 1.82) is 0 Å². The van der Waals surface area contributed by atoms with Crippen LogP contribution >= 0.6 is 0 Å². The van der Waals surface area contributed by atoms with E-state index >= 15 is 0 Å². The first-order chi connectivity index (χ1) is 14.6. The summed E-state index contributed by atoms with van der Waals surface area (Å²) in [4.78, 5) is 12.0. The number of piperidine rings is 1. The monoisotopic (exact) mass is 396 g/mol. The molecule has 2 atom stereocenters. The molecule has 1 aliphatic rings. The summed E-state index contributed by atoms with van der Waals surface area (Å²) < 4.78 is 2.21. The Morgan fingerprint density at radius 2 is 1.67 bits per heavy atom. The Labute approximate surface area is 178 Å². The fraction of sp³-hybridized carbons (Fsp3) is 0.308. The summed E-state index contributed by atoms with van der Waals surface area (Å²) in [5.41, 5.74) is 5.72. The van der Waals surface area contributed by atoms with E-state index in [4.69, 9.17) is 9.97 Å². The molecule has 1 fully saturated rings. The average Bonchev–Trinajstić information content (AvgIpc) is 3.13. The predicted octanol–water partition coefficient (Wildman–Crippen LogP) is 5.88. The number of anilines is 1. The maximum Gasteiger partial charge on any atom is 0.150 e. The standard InChI is InChI=1S/C26H28N4/c1-18-8-7-11-22(13-18)30-16-23(21-9-5-4-6-10-21)24-25(27-17-28-26(24)30)29-14-19(2)12-20(3)15-29/h4-11,13,16-17,19-20H,12,14-15H2,1-3H3. The van der Waals surface area contributed by atoms with E-state index in [-0.39, 0.29) is 0 Å².